The van der Waals surface area contributed by atoms with Gasteiger partial charge < -0.3 is 11.1 Å². The Labute approximate surface area is 125 Å². The van der Waals surface area contributed by atoms with Crippen LogP contribution in [0.2, 0.25) is 0 Å². The molecule has 0 atom stereocenters. The summed E-state index contributed by atoms with van der Waals surface area (Å²) < 4.78 is 0. The highest BCUT2D eigenvalue weighted by Gasteiger charge is 2.09. The molecule has 2 aromatic carbocycles. The smallest absolute Gasteiger partial charge is 0.238 e. The lowest BCUT2D eigenvalue weighted by molar-refractivity contribution is -0.117. The first-order chi connectivity index (χ1) is 10.2. The largest absolute Gasteiger partial charge is 0.399 e. The summed E-state index contributed by atoms with van der Waals surface area (Å²) in [6, 6.07) is 17.3. The quantitative estimate of drug-likeness (QED) is 0.801. The van der Waals surface area contributed by atoms with Crippen LogP contribution in [0.25, 0.3) is 0 Å². The average molecular weight is 283 g/mol. The van der Waals surface area contributed by atoms with Crippen LogP contribution in [0.1, 0.15) is 12.5 Å². The molecule has 0 aliphatic rings. The second kappa shape index (κ2) is 7.45. The number of hydrogen-bond donors (Lipinski definition) is 2. The summed E-state index contributed by atoms with van der Waals surface area (Å²) in [5.74, 6) is -0.0162. The maximum absolute atomic E-state index is 12.1. The predicted molar refractivity (Wildman–Crippen MR) is 86.9 cm³/mol. The van der Waals surface area contributed by atoms with Gasteiger partial charge in [-0.15, -0.1) is 0 Å². The molecular formula is C17H21N3O. The molecular weight excluding hydrogens is 262 g/mol. The molecule has 0 aliphatic heterocycles. The minimum absolute atomic E-state index is 0.0162. The van der Waals surface area contributed by atoms with Crippen LogP contribution >= 0.6 is 0 Å². The molecule has 4 nitrogen and oxygen atoms in total. The summed E-state index contributed by atoms with van der Waals surface area (Å²) in [7, 11) is 0. The van der Waals surface area contributed by atoms with E-state index < -0.39 is 0 Å². The molecule has 21 heavy (non-hydrogen) atoms. The Morgan fingerprint density at radius 1 is 1.10 bits per heavy atom. The van der Waals surface area contributed by atoms with Crippen LogP contribution in [0.4, 0.5) is 11.4 Å². The number of amides is 1. The Morgan fingerprint density at radius 3 is 2.38 bits per heavy atom. The van der Waals surface area contributed by atoms with E-state index in [0.717, 1.165) is 18.8 Å². The lowest BCUT2D eigenvalue weighted by Gasteiger charge is -2.20. The minimum atomic E-state index is -0.0162. The van der Waals surface area contributed by atoms with Crippen LogP contribution < -0.4 is 11.1 Å². The number of nitrogens with one attached hydrogen (secondary N) is 1. The highest BCUT2D eigenvalue weighted by Crippen LogP contribution is 2.11. The molecule has 2 aromatic rings. The monoisotopic (exact) mass is 283 g/mol. The van der Waals surface area contributed by atoms with E-state index in [-0.39, 0.29) is 5.91 Å². The maximum atomic E-state index is 12.1. The van der Waals surface area contributed by atoms with E-state index in [9.17, 15) is 4.79 Å². The van der Waals surface area contributed by atoms with Gasteiger partial charge in [-0.05, 0) is 36.4 Å². The third kappa shape index (κ3) is 4.93. The van der Waals surface area contributed by atoms with Gasteiger partial charge in [0, 0.05) is 17.9 Å². The summed E-state index contributed by atoms with van der Waals surface area (Å²) in [4.78, 5) is 14.2. The van der Waals surface area contributed by atoms with Crippen LogP contribution in [-0.4, -0.2) is 23.9 Å². The first kappa shape index (κ1) is 15.1. The van der Waals surface area contributed by atoms with E-state index in [1.54, 1.807) is 24.3 Å². The van der Waals surface area contributed by atoms with Crippen LogP contribution in [0, 0.1) is 0 Å². The van der Waals surface area contributed by atoms with Crippen molar-refractivity contribution in [1.82, 2.24) is 4.90 Å². The molecule has 1 amide bonds. The van der Waals surface area contributed by atoms with Gasteiger partial charge in [0.1, 0.15) is 0 Å². The van der Waals surface area contributed by atoms with Gasteiger partial charge in [-0.1, -0.05) is 37.3 Å². The number of carbonyl (C=O) groups excluding carboxylic acids is 1. The van der Waals surface area contributed by atoms with E-state index in [2.05, 4.69) is 29.3 Å². The molecule has 3 N–H and O–H groups in total. The first-order valence-electron chi connectivity index (χ1n) is 7.09. The van der Waals surface area contributed by atoms with Crippen LogP contribution in [0.15, 0.2) is 54.6 Å². The number of anilines is 2. The van der Waals surface area contributed by atoms with E-state index in [1.165, 1.54) is 5.56 Å². The number of nitrogen functional groups attached to an aromatic ring is 1. The number of nitrogens with zero attached hydrogens (tertiary/aromatic N) is 1. The third-order valence-electron chi connectivity index (χ3n) is 3.26. The topological polar surface area (TPSA) is 58.4 Å². The van der Waals surface area contributed by atoms with Gasteiger partial charge in [-0.25, -0.2) is 0 Å². The zero-order valence-corrected chi connectivity index (χ0v) is 12.3. The highest BCUT2D eigenvalue weighted by atomic mass is 16.2. The lowest BCUT2D eigenvalue weighted by Crippen LogP contribution is -2.32. The van der Waals surface area contributed by atoms with Crippen molar-refractivity contribution in [2.75, 3.05) is 24.1 Å². The number of benzene rings is 2. The number of rotatable bonds is 6. The third-order valence-corrected chi connectivity index (χ3v) is 3.26. The summed E-state index contributed by atoms with van der Waals surface area (Å²) >= 11 is 0. The first-order valence-corrected chi connectivity index (χ1v) is 7.09. The molecule has 0 aliphatic carbocycles. The molecule has 0 unspecified atom stereocenters. The summed E-state index contributed by atoms with van der Waals surface area (Å²) in [6.45, 7) is 4.02. The van der Waals surface area contributed by atoms with E-state index >= 15 is 0 Å². The summed E-state index contributed by atoms with van der Waals surface area (Å²) in [5, 5.41) is 2.88. The fraction of sp³-hybridized carbons (Fsp3) is 0.235. The molecule has 0 radical (unpaired) electrons. The normalized spacial score (nSPS) is 10.6. The molecule has 0 heterocycles. The molecule has 0 spiro atoms. The fourth-order valence-corrected chi connectivity index (χ4v) is 2.09. The van der Waals surface area contributed by atoms with Crippen LogP contribution in [-0.2, 0) is 11.3 Å². The van der Waals surface area contributed by atoms with Crippen molar-refractivity contribution in [2.24, 2.45) is 0 Å². The molecule has 2 rings (SSSR count). The fourth-order valence-electron chi connectivity index (χ4n) is 2.09. The van der Waals surface area contributed by atoms with Crippen molar-refractivity contribution in [3.05, 3.63) is 60.2 Å². The Morgan fingerprint density at radius 2 is 1.76 bits per heavy atom. The number of hydrogen-bond acceptors (Lipinski definition) is 3. The second-order valence-corrected chi connectivity index (χ2v) is 4.96. The Kier molecular flexibility index (Phi) is 5.35. The van der Waals surface area contributed by atoms with Crippen molar-refractivity contribution in [3.8, 4) is 0 Å². The zero-order valence-electron chi connectivity index (χ0n) is 12.3. The number of likely N-dealkylation sites (N-methyl/N-ethyl adjacent to an activating group) is 1. The molecule has 0 aromatic heterocycles. The predicted octanol–water partition coefficient (Wildman–Crippen LogP) is 2.73. The molecule has 4 heteroatoms. The molecule has 110 valence electrons. The van der Waals surface area contributed by atoms with Crippen molar-refractivity contribution in [1.29, 1.82) is 0 Å². The molecule has 0 saturated carbocycles. The second-order valence-electron chi connectivity index (χ2n) is 4.96. The van der Waals surface area contributed by atoms with Gasteiger partial charge in [0.15, 0.2) is 0 Å². The van der Waals surface area contributed by atoms with Gasteiger partial charge in [0.2, 0.25) is 5.91 Å². The SMILES string of the molecule is CCN(CC(=O)Nc1ccc(N)cc1)Cc1ccccc1. The van der Waals surface area contributed by atoms with E-state index in [0.29, 0.717) is 12.2 Å². The van der Waals surface area contributed by atoms with Crippen LogP contribution in [0.5, 0.6) is 0 Å². The molecule has 0 saturated heterocycles. The van der Waals surface area contributed by atoms with Crippen LogP contribution in [0.3, 0.4) is 0 Å². The van der Waals surface area contributed by atoms with Crippen molar-refractivity contribution in [3.63, 3.8) is 0 Å². The van der Waals surface area contributed by atoms with E-state index in [4.69, 9.17) is 5.73 Å². The zero-order chi connectivity index (χ0) is 15.1. The Balaban J connectivity index is 1.89. The number of carbonyl (C=O) groups is 1. The van der Waals surface area contributed by atoms with Gasteiger partial charge >= 0.3 is 0 Å². The summed E-state index contributed by atoms with van der Waals surface area (Å²) in [6.07, 6.45) is 0. The number of nitrogens with two attached hydrogens (primary N) is 1. The maximum Gasteiger partial charge on any atom is 0.238 e. The molecule has 0 bridgehead atoms. The van der Waals surface area contributed by atoms with Gasteiger partial charge in [-0.2, -0.15) is 0 Å². The van der Waals surface area contributed by atoms with Gasteiger partial charge in [0.05, 0.1) is 6.54 Å². The highest BCUT2D eigenvalue weighted by molar-refractivity contribution is 5.92. The van der Waals surface area contributed by atoms with Crippen molar-refractivity contribution < 1.29 is 4.79 Å². The lowest BCUT2D eigenvalue weighted by atomic mass is 10.2. The standard InChI is InChI=1S/C17H21N3O/c1-2-20(12-14-6-4-3-5-7-14)13-17(21)19-16-10-8-15(18)9-11-16/h3-11H,2,12-13,18H2,1H3,(H,19,21). The van der Waals surface area contributed by atoms with Gasteiger partial charge in [-0.3, -0.25) is 9.69 Å². The van der Waals surface area contributed by atoms with Crippen molar-refractivity contribution in [2.45, 2.75) is 13.5 Å². The van der Waals surface area contributed by atoms with E-state index in [1.807, 2.05) is 18.2 Å². The van der Waals surface area contributed by atoms with Gasteiger partial charge in [0.25, 0.3) is 0 Å². The Hall–Kier alpha value is -2.33. The van der Waals surface area contributed by atoms with Crippen molar-refractivity contribution >= 4 is 17.3 Å². The average Bonchev–Trinajstić information content (AvgIpc) is 2.50. The molecule has 0 fully saturated rings. The Bertz CT molecular complexity index is 566. The minimum Gasteiger partial charge on any atom is -0.399 e. The summed E-state index contributed by atoms with van der Waals surface area (Å²) in [5.41, 5.74) is 8.29.